The molecule has 3 aromatic rings. The Morgan fingerprint density at radius 2 is 1.90 bits per heavy atom. The highest BCUT2D eigenvalue weighted by atomic mass is 32.1. The molecule has 158 valence electrons. The lowest BCUT2D eigenvalue weighted by Crippen LogP contribution is -2.42. The number of Topliss-reactive ketones (excluding diaryl/α,β-unsaturated/α-hetero) is 1. The van der Waals surface area contributed by atoms with E-state index in [4.69, 9.17) is 0 Å². The van der Waals surface area contributed by atoms with Crippen LogP contribution in [0.25, 0.3) is 10.9 Å². The second kappa shape index (κ2) is 7.90. The van der Waals surface area contributed by atoms with Gasteiger partial charge in [0.2, 0.25) is 5.91 Å². The number of alkyl halides is 3. The molecule has 0 aliphatic heterocycles. The van der Waals surface area contributed by atoms with Gasteiger partial charge in [-0.1, -0.05) is 0 Å². The van der Waals surface area contributed by atoms with Crippen molar-refractivity contribution in [3.05, 3.63) is 46.6 Å². The number of carbonyl (C=O) groups excluding carboxylic acids is 3. The van der Waals surface area contributed by atoms with Crippen LogP contribution < -0.4 is 10.6 Å². The van der Waals surface area contributed by atoms with Gasteiger partial charge < -0.3 is 15.2 Å². The molecule has 11 heteroatoms. The molecule has 0 bridgehead atoms. The molecule has 30 heavy (non-hydrogen) atoms. The van der Waals surface area contributed by atoms with E-state index in [9.17, 15) is 27.6 Å². The Morgan fingerprint density at radius 3 is 2.50 bits per heavy atom. The van der Waals surface area contributed by atoms with Crippen LogP contribution >= 0.6 is 11.3 Å². The standard InChI is InChI=1S/C19H17F3N4O3S/c1-9(16(28)25-18-24-13(8-30-18)10(2)27)23-17(29)15-7-11-6-12(19(20,21)22)4-5-14(11)26(15)3/h4-9H,1-3H3,(H,23,29)(H,24,25,28)/t9-/m1/s1. The van der Waals surface area contributed by atoms with Crippen LogP contribution in [0.2, 0.25) is 0 Å². The van der Waals surface area contributed by atoms with E-state index in [1.54, 1.807) is 7.05 Å². The summed E-state index contributed by atoms with van der Waals surface area (Å²) in [7, 11) is 1.55. The molecule has 0 spiro atoms. The van der Waals surface area contributed by atoms with Crippen LogP contribution in [0.5, 0.6) is 0 Å². The normalized spacial score (nSPS) is 12.6. The maximum Gasteiger partial charge on any atom is 0.416 e. The van der Waals surface area contributed by atoms with Crippen LogP contribution in [-0.2, 0) is 18.0 Å². The highest BCUT2D eigenvalue weighted by Gasteiger charge is 2.31. The summed E-state index contributed by atoms with van der Waals surface area (Å²) >= 11 is 1.07. The van der Waals surface area contributed by atoms with E-state index in [0.717, 1.165) is 23.5 Å². The van der Waals surface area contributed by atoms with Gasteiger partial charge in [0, 0.05) is 30.3 Å². The zero-order chi connectivity index (χ0) is 22.2. The number of carbonyl (C=O) groups is 3. The number of rotatable bonds is 5. The molecule has 2 amide bonds. The van der Waals surface area contributed by atoms with E-state index >= 15 is 0 Å². The van der Waals surface area contributed by atoms with Gasteiger partial charge in [-0.3, -0.25) is 14.4 Å². The molecule has 2 N–H and O–H groups in total. The summed E-state index contributed by atoms with van der Waals surface area (Å²) in [4.78, 5) is 40.1. The first kappa shape index (κ1) is 21.5. The predicted molar refractivity (Wildman–Crippen MR) is 106 cm³/mol. The maximum atomic E-state index is 12.9. The van der Waals surface area contributed by atoms with Crippen molar-refractivity contribution in [1.29, 1.82) is 0 Å². The monoisotopic (exact) mass is 438 g/mol. The van der Waals surface area contributed by atoms with Crippen molar-refractivity contribution >= 4 is 45.0 Å². The third-order valence-corrected chi connectivity index (χ3v) is 5.20. The molecule has 1 aromatic carbocycles. The van der Waals surface area contributed by atoms with Crippen molar-refractivity contribution in [1.82, 2.24) is 14.9 Å². The van der Waals surface area contributed by atoms with Gasteiger partial charge in [-0.25, -0.2) is 4.98 Å². The zero-order valence-electron chi connectivity index (χ0n) is 16.1. The van der Waals surface area contributed by atoms with Gasteiger partial charge in [0.15, 0.2) is 10.9 Å². The van der Waals surface area contributed by atoms with Crippen LogP contribution in [-0.4, -0.2) is 33.2 Å². The lowest BCUT2D eigenvalue weighted by atomic mass is 10.1. The molecule has 0 unspecified atom stereocenters. The molecule has 0 fully saturated rings. The second-order valence-electron chi connectivity index (χ2n) is 6.64. The van der Waals surface area contributed by atoms with Crippen molar-refractivity contribution < 1.29 is 27.6 Å². The number of amides is 2. The van der Waals surface area contributed by atoms with E-state index in [2.05, 4.69) is 15.6 Å². The molecular formula is C19H17F3N4O3S. The quantitative estimate of drug-likeness (QED) is 0.595. The smallest absolute Gasteiger partial charge is 0.340 e. The van der Waals surface area contributed by atoms with Gasteiger partial charge in [0.05, 0.1) is 5.56 Å². The Kier molecular flexibility index (Phi) is 5.66. The minimum absolute atomic E-state index is 0.108. The van der Waals surface area contributed by atoms with E-state index in [1.165, 1.54) is 35.9 Å². The Bertz CT molecular complexity index is 1150. The summed E-state index contributed by atoms with van der Waals surface area (Å²) < 4.78 is 40.2. The SMILES string of the molecule is CC(=O)c1csc(NC(=O)[C@@H](C)NC(=O)c2cc3cc(C(F)(F)F)ccc3n2C)n1. The Morgan fingerprint density at radius 1 is 1.20 bits per heavy atom. The van der Waals surface area contributed by atoms with Crippen molar-refractivity contribution in [3.8, 4) is 0 Å². The number of fused-ring (bicyclic) bond motifs is 1. The third kappa shape index (κ3) is 4.35. The van der Waals surface area contributed by atoms with Gasteiger partial charge in [-0.2, -0.15) is 13.2 Å². The van der Waals surface area contributed by atoms with Crippen LogP contribution in [0.15, 0.2) is 29.6 Å². The number of hydrogen-bond donors (Lipinski definition) is 2. The van der Waals surface area contributed by atoms with Crippen LogP contribution in [0.4, 0.5) is 18.3 Å². The number of benzene rings is 1. The van der Waals surface area contributed by atoms with E-state index in [-0.39, 0.29) is 27.7 Å². The van der Waals surface area contributed by atoms with Gasteiger partial charge >= 0.3 is 6.18 Å². The first-order valence-electron chi connectivity index (χ1n) is 8.72. The van der Waals surface area contributed by atoms with E-state index in [0.29, 0.717) is 5.52 Å². The summed E-state index contributed by atoms with van der Waals surface area (Å²) in [5, 5.41) is 7.00. The van der Waals surface area contributed by atoms with Gasteiger partial charge in [0.25, 0.3) is 5.91 Å². The molecule has 0 aliphatic carbocycles. The Hall–Kier alpha value is -3.21. The molecule has 0 saturated carbocycles. The summed E-state index contributed by atoms with van der Waals surface area (Å²) in [6, 6.07) is 3.59. The minimum atomic E-state index is -4.49. The molecule has 3 rings (SSSR count). The number of halogens is 3. The second-order valence-corrected chi connectivity index (χ2v) is 7.50. The van der Waals surface area contributed by atoms with Crippen LogP contribution in [0.3, 0.4) is 0 Å². The number of anilines is 1. The molecule has 1 atom stereocenters. The first-order chi connectivity index (χ1) is 14.0. The summed E-state index contributed by atoms with van der Waals surface area (Å²) in [6.07, 6.45) is -4.49. The van der Waals surface area contributed by atoms with E-state index < -0.39 is 29.6 Å². The fourth-order valence-electron chi connectivity index (χ4n) is 2.79. The largest absolute Gasteiger partial charge is 0.416 e. The summed E-state index contributed by atoms with van der Waals surface area (Å²) in [5.74, 6) is -1.41. The molecule has 0 saturated heterocycles. The topological polar surface area (TPSA) is 93.1 Å². The fraction of sp³-hybridized carbons (Fsp3) is 0.263. The Labute approximate surface area is 172 Å². The average molecular weight is 438 g/mol. The zero-order valence-corrected chi connectivity index (χ0v) is 16.9. The third-order valence-electron chi connectivity index (χ3n) is 4.44. The first-order valence-corrected chi connectivity index (χ1v) is 9.60. The summed E-state index contributed by atoms with van der Waals surface area (Å²) in [5.41, 5.74) is -0.0312. The molecule has 0 aliphatic rings. The number of aromatic nitrogens is 2. The summed E-state index contributed by atoms with van der Waals surface area (Å²) in [6.45, 7) is 2.81. The van der Waals surface area contributed by atoms with Gasteiger partial charge in [0.1, 0.15) is 17.4 Å². The lowest BCUT2D eigenvalue weighted by molar-refractivity contribution is -0.137. The van der Waals surface area contributed by atoms with Crippen molar-refractivity contribution in [2.75, 3.05) is 5.32 Å². The predicted octanol–water partition coefficient (Wildman–Crippen LogP) is 3.61. The maximum absolute atomic E-state index is 12.9. The molecule has 2 heterocycles. The number of nitrogens with one attached hydrogen (secondary N) is 2. The molecule has 7 nitrogen and oxygen atoms in total. The fourth-order valence-corrected chi connectivity index (χ4v) is 3.54. The number of ketones is 1. The Balaban J connectivity index is 1.74. The number of thiazole rings is 1. The molecular weight excluding hydrogens is 421 g/mol. The lowest BCUT2D eigenvalue weighted by Gasteiger charge is -2.13. The van der Waals surface area contributed by atoms with Crippen molar-refractivity contribution in [3.63, 3.8) is 0 Å². The number of nitrogens with zero attached hydrogens (tertiary/aromatic N) is 2. The molecule has 0 radical (unpaired) electrons. The molecule has 2 aromatic heterocycles. The van der Waals surface area contributed by atoms with Crippen molar-refractivity contribution in [2.45, 2.75) is 26.1 Å². The minimum Gasteiger partial charge on any atom is -0.340 e. The van der Waals surface area contributed by atoms with Crippen molar-refractivity contribution in [2.24, 2.45) is 7.05 Å². The average Bonchev–Trinajstić information content (AvgIpc) is 3.25. The van der Waals surface area contributed by atoms with Crippen LogP contribution in [0, 0.1) is 0 Å². The van der Waals surface area contributed by atoms with Gasteiger partial charge in [-0.15, -0.1) is 11.3 Å². The highest BCUT2D eigenvalue weighted by Crippen LogP contribution is 2.32. The highest BCUT2D eigenvalue weighted by molar-refractivity contribution is 7.14. The number of hydrogen-bond acceptors (Lipinski definition) is 5. The van der Waals surface area contributed by atoms with E-state index in [1.807, 2.05) is 0 Å². The number of aryl methyl sites for hydroxylation is 1. The van der Waals surface area contributed by atoms with Gasteiger partial charge in [-0.05, 0) is 31.2 Å². The van der Waals surface area contributed by atoms with Crippen LogP contribution in [0.1, 0.15) is 40.4 Å².